The van der Waals surface area contributed by atoms with Crippen LogP contribution in [0.15, 0.2) is 12.2 Å². The Labute approximate surface area is 293 Å². The number of amides is 1. The molecular weight excluding hydrogens is 657 g/mol. The van der Waals surface area contributed by atoms with Gasteiger partial charge in [0.1, 0.15) is 36.6 Å². The second-order valence-corrected chi connectivity index (χ2v) is 15.0. The Morgan fingerprint density at radius 2 is 1.16 bits per heavy atom. The van der Waals surface area contributed by atoms with Crippen molar-refractivity contribution >= 4 is 13.7 Å². The van der Waals surface area contributed by atoms with E-state index in [4.69, 9.17) is 9.05 Å². The van der Waals surface area contributed by atoms with Crippen LogP contribution >= 0.6 is 7.82 Å². The van der Waals surface area contributed by atoms with Gasteiger partial charge in [0.15, 0.2) is 0 Å². The standard InChI is InChI=1S/C35H68NO12P/c1-3-5-7-9-11-13-14-15-17-19-21-23-28(38)27(36-29(39)24-26(37)22-20-18-16-12-10-8-6-4-2)25-47-49(45,46)48-35-33(43)31(41)30(40)32(42)34(35)44/h21,23,26-28,30-35,37-38,40-44H,3-20,22,24-25H2,1-2H3,(H,36,39)(H,45,46)/b23-21+. The lowest BCUT2D eigenvalue weighted by Gasteiger charge is -2.41. The first-order valence-corrected chi connectivity index (χ1v) is 20.2. The fourth-order valence-corrected chi connectivity index (χ4v) is 6.91. The number of allylic oxidation sites excluding steroid dienone is 1. The molecule has 13 nitrogen and oxygen atoms in total. The van der Waals surface area contributed by atoms with Crippen LogP contribution in [-0.4, -0.2) is 108 Å². The number of carbonyl (C=O) groups is 1. The normalized spacial score (nSPS) is 26.0. The molecule has 1 aliphatic rings. The summed E-state index contributed by atoms with van der Waals surface area (Å²) in [5.41, 5.74) is 0. The molecule has 0 aromatic heterocycles. The van der Waals surface area contributed by atoms with Gasteiger partial charge in [-0.1, -0.05) is 129 Å². The molecule has 290 valence electrons. The van der Waals surface area contributed by atoms with E-state index in [1.165, 1.54) is 70.3 Å². The predicted octanol–water partition coefficient (Wildman–Crippen LogP) is 3.91. The highest BCUT2D eigenvalue weighted by molar-refractivity contribution is 7.47. The summed E-state index contributed by atoms with van der Waals surface area (Å²) in [4.78, 5) is 23.2. The fourth-order valence-electron chi connectivity index (χ4n) is 5.94. The molecule has 1 saturated carbocycles. The van der Waals surface area contributed by atoms with Gasteiger partial charge in [0.25, 0.3) is 0 Å². The zero-order valence-corrected chi connectivity index (χ0v) is 30.8. The molecule has 0 radical (unpaired) electrons. The molecule has 0 heterocycles. The van der Waals surface area contributed by atoms with Gasteiger partial charge >= 0.3 is 7.82 Å². The number of carbonyl (C=O) groups excluding carboxylic acids is 1. The molecule has 0 saturated heterocycles. The van der Waals surface area contributed by atoms with Crippen molar-refractivity contribution in [2.24, 2.45) is 0 Å². The van der Waals surface area contributed by atoms with E-state index in [0.717, 1.165) is 44.9 Å². The minimum absolute atomic E-state index is 0.242. The Morgan fingerprint density at radius 3 is 1.67 bits per heavy atom. The number of aliphatic hydroxyl groups is 7. The van der Waals surface area contributed by atoms with Gasteiger partial charge in [0.05, 0.1) is 31.3 Å². The van der Waals surface area contributed by atoms with Crippen molar-refractivity contribution in [3.05, 3.63) is 12.2 Å². The number of hydrogen-bond acceptors (Lipinski definition) is 11. The van der Waals surface area contributed by atoms with Gasteiger partial charge in [-0.25, -0.2) is 4.57 Å². The molecule has 1 amide bonds. The molecular formula is C35H68NO12P. The number of unbranched alkanes of at least 4 members (excludes halogenated alkanes) is 16. The number of hydrogen-bond donors (Lipinski definition) is 9. The molecule has 0 aromatic carbocycles. The molecule has 8 unspecified atom stereocenters. The number of rotatable bonds is 29. The third-order valence-corrected chi connectivity index (χ3v) is 10.1. The maximum atomic E-state index is 12.8. The molecule has 49 heavy (non-hydrogen) atoms. The smallest absolute Gasteiger partial charge is 0.393 e. The molecule has 1 aliphatic carbocycles. The van der Waals surface area contributed by atoms with E-state index in [1.807, 2.05) is 0 Å². The van der Waals surface area contributed by atoms with Crippen LogP contribution in [0.25, 0.3) is 0 Å². The van der Waals surface area contributed by atoms with E-state index < -0.39 is 75.2 Å². The molecule has 0 aromatic rings. The molecule has 14 heteroatoms. The van der Waals surface area contributed by atoms with Crippen molar-refractivity contribution in [1.82, 2.24) is 5.32 Å². The third-order valence-electron chi connectivity index (χ3n) is 9.12. The van der Waals surface area contributed by atoms with E-state index in [-0.39, 0.29) is 6.42 Å². The van der Waals surface area contributed by atoms with E-state index in [9.17, 15) is 50.0 Å². The van der Waals surface area contributed by atoms with Crippen molar-refractivity contribution < 1.29 is 59.0 Å². The highest BCUT2D eigenvalue weighted by atomic mass is 31.2. The minimum Gasteiger partial charge on any atom is -0.393 e. The minimum atomic E-state index is -5.12. The van der Waals surface area contributed by atoms with Crippen LogP contribution in [0.4, 0.5) is 0 Å². The number of phosphoric acid groups is 1. The Balaban J connectivity index is 2.70. The highest BCUT2D eigenvalue weighted by Crippen LogP contribution is 2.47. The molecule has 9 N–H and O–H groups in total. The number of phosphoric ester groups is 1. The van der Waals surface area contributed by atoms with Crippen molar-refractivity contribution in [1.29, 1.82) is 0 Å². The lowest BCUT2D eigenvalue weighted by molar-refractivity contribution is -0.220. The second kappa shape index (κ2) is 26.8. The summed E-state index contributed by atoms with van der Waals surface area (Å²) < 4.78 is 22.7. The van der Waals surface area contributed by atoms with Crippen LogP contribution in [0.1, 0.15) is 142 Å². The van der Waals surface area contributed by atoms with Crippen LogP contribution < -0.4 is 5.32 Å². The quantitative estimate of drug-likeness (QED) is 0.0304. The Bertz CT molecular complexity index is 911. The average Bonchev–Trinajstić information content (AvgIpc) is 3.06. The maximum Gasteiger partial charge on any atom is 0.472 e. The molecule has 0 bridgehead atoms. The first kappa shape index (κ1) is 46.1. The van der Waals surface area contributed by atoms with Crippen molar-refractivity contribution in [3.63, 3.8) is 0 Å². The monoisotopic (exact) mass is 725 g/mol. The van der Waals surface area contributed by atoms with Gasteiger partial charge < -0.3 is 46.0 Å². The second-order valence-electron chi connectivity index (χ2n) is 13.6. The van der Waals surface area contributed by atoms with Gasteiger partial charge in [0, 0.05) is 0 Å². The Kier molecular flexibility index (Phi) is 25.2. The zero-order chi connectivity index (χ0) is 36.7. The lowest BCUT2D eigenvalue weighted by Crippen LogP contribution is -2.64. The van der Waals surface area contributed by atoms with E-state index in [0.29, 0.717) is 12.8 Å². The summed E-state index contributed by atoms with van der Waals surface area (Å²) >= 11 is 0. The fraction of sp³-hybridized carbons (Fsp3) is 0.914. The number of nitrogens with one attached hydrogen (secondary N) is 1. The van der Waals surface area contributed by atoms with E-state index in [2.05, 4.69) is 19.2 Å². The summed E-state index contributed by atoms with van der Waals surface area (Å²) in [6.07, 6.45) is 9.18. The van der Waals surface area contributed by atoms with Gasteiger partial charge in [0.2, 0.25) is 5.91 Å². The molecule has 0 aliphatic heterocycles. The highest BCUT2D eigenvalue weighted by Gasteiger charge is 2.51. The summed E-state index contributed by atoms with van der Waals surface area (Å²) in [5, 5.41) is 73.8. The summed E-state index contributed by atoms with van der Waals surface area (Å²) in [7, 11) is -5.12. The predicted molar refractivity (Wildman–Crippen MR) is 187 cm³/mol. The molecule has 1 rings (SSSR count). The van der Waals surface area contributed by atoms with Crippen LogP contribution in [-0.2, 0) is 18.4 Å². The first-order chi connectivity index (χ1) is 23.3. The summed E-state index contributed by atoms with van der Waals surface area (Å²) in [6, 6.07) is -1.23. The largest absolute Gasteiger partial charge is 0.472 e. The molecule has 1 fully saturated rings. The Hall–Kier alpha value is -0.960. The lowest BCUT2D eigenvalue weighted by atomic mass is 9.85. The average molecular weight is 726 g/mol. The van der Waals surface area contributed by atoms with Gasteiger partial charge in [-0.3, -0.25) is 13.8 Å². The Morgan fingerprint density at radius 1 is 0.714 bits per heavy atom. The van der Waals surface area contributed by atoms with Crippen LogP contribution in [0.5, 0.6) is 0 Å². The third kappa shape index (κ3) is 20.0. The van der Waals surface area contributed by atoms with E-state index in [1.54, 1.807) is 6.08 Å². The first-order valence-electron chi connectivity index (χ1n) is 18.7. The zero-order valence-electron chi connectivity index (χ0n) is 29.9. The topological polar surface area (TPSA) is 226 Å². The summed E-state index contributed by atoms with van der Waals surface area (Å²) in [6.45, 7) is 3.63. The van der Waals surface area contributed by atoms with Crippen molar-refractivity contribution in [3.8, 4) is 0 Å². The number of aliphatic hydroxyl groups excluding tert-OH is 7. The molecule has 8 atom stereocenters. The van der Waals surface area contributed by atoms with E-state index >= 15 is 0 Å². The van der Waals surface area contributed by atoms with Crippen LogP contribution in [0.3, 0.4) is 0 Å². The summed E-state index contributed by atoms with van der Waals surface area (Å²) in [5.74, 6) is -0.598. The van der Waals surface area contributed by atoms with Crippen LogP contribution in [0.2, 0.25) is 0 Å². The van der Waals surface area contributed by atoms with Crippen molar-refractivity contribution in [2.75, 3.05) is 6.61 Å². The van der Waals surface area contributed by atoms with Gasteiger partial charge in [-0.2, -0.15) is 0 Å². The van der Waals surface area contributed by atoms with Crippen LogP contribution in [0, 0.1) is 0 Å². The SMILES string of the molecule is CCCCCCCCCCC/C=C/C(O)C(COP(=O)(O)OC1C(O)C(O)C(O)C(O)C1O)NC(=O)CC(O)CCCCCCCCCC. The maximum absolute atomic E-state index is 12.8. The molecule has 0 spiro atoms. The van der Waals surface area contributed by atoms with Gasteiger partial charge in [-0.05, 0) is 19.3 Å². The van der Waals surface area contributed by atoms with Gasteiger partial charge in [-0.15, -0.1) is 0 Å². The van der Waals surface area contributed by atoms with Crippen molar-refractivity contribution in [2.45, 2.75) is 197 Å².